The lowest BCUT2D eigenvalue weighted by Crippen LogP contribution is -2.42. The maximum absolute atomic E-state index is 10.9. The molecule has 1 rings (SSSR count). The zero-order valence-electron chi connectivity index (χ0n) is 7.39. The third-order valence-electron chi connectivity index (χ3n) is 2.60. The summed E-state index contributed by atoms with van der Waals surface area (Å²) in [6.45, 7) is 4.10. The Labute approximate surface area is 68.2 Å². The van der Waals surface area contributed by atoms with Crippen molar-refractivity contribution in [2.45, 2.75) is 45.1 Å². The van der Waals surface area contributed by atoms with E-state index in [0.717, 1.165) is 25.7 Å². The first-order valence-corrected chi connectivity index (χ1v) is 4.31. The van der Waals surface area contributed by atoms with Crippen molar-refractivity contribution in [3.8, 4) is 0 Å². The van der Waals surface area contributed by atoms with Gasteiger partial charge in [0.05, 0.1) is 0 Å². The molecule has 1 aliphatic carbocycles. The van der Waals surface area contributed by atoms with Gasteiger partial charge in [0.2, 0.25) is 0 Å². The molecular formula is C9H17NO. The second-order valence-electron chi connectivity index (χ2n) is 4.13. The standard InChI is InChI=1S/C9H17NO/c1-9(2,10)7-3-5-8(11)6-4-7/h7H,3-6,10H2,1-2H3. The Morgan fingerprint density at radius 3 is 2.18 bits per heavy atom. The van der Waals surface area contributed by atoms with Gasteiger partial charge in [-0.15, -0.1) is 0 Å². The van der Waals surface area contributed by atoms with Crippen LogP contribution in [0, 0.1) is 5.92 Å². The molecule has 1 saturated carbocycles. The molecule has 1 aliphatic rings. The SMILES string of the molecule is CC(C)(N)C1CCC(=O)CC1. The van der Waals surface area contributed by atoms with Gasteiger partial charge in [-0.2, -0.15) is 0 Å². The fourth-order valence-corrected chi connectivity index (χ4v) is 1.68. The minimum Gasteiger partial charge on any atom is -0.325 e. The monoisotopic (exact) mass is 155 g/mol. The Bertz CT molecular complexity index is 147. The van der Waals surface area contributed by atoms with Crippen molar-refractivity contribution in [3.63, 3.8) is 0 Å². The summed E-state index contributed by atoms with van der Waals surface area (Å²) in [4.78, 5) is 10.9. The summed E-state index contributed by atoms with van der Waals surface area (Å²) in [5, 5.41) is 0. The lowest BCUT2D eigenvalue weighted by atomic mass is 9.77. The van der Waals surface area contributed by atoms with E-state index in [0.29, 0.717) is 11.7 Å². The Kier molecular flexibility index (Phi) is 2.33. The van der Waals surface area contributed by atoms with E-state index in [4.69, 9.17) is 5.73 Å². The zero-order chi connectivity index (χ0) is 8.48. The molecule has 0 spiro atoms. The summed E-state index contributed by atoms with van der Waals surface area (Å²) in [5.74, 6) is 0.950. The van der Waals surface area contributed by atoms with E-state index in [9.17, 15) is 4.79 Å². The average molecular weight is 155 g/mol. The fourth-order valence-electron chi connectivity index (χ4n) is 1.68. The highest BCUT2D eigenvalue weighted by Gasteiger charge is 2.28. The number of carbonyl (C=O) groups excluding carboxylic acids is 1. The summed E-state index contributed by atoms with van der Waals surface area (Å²) in [6.07, 6.45) is 3.46. The van der Waals surface area contributed by atoms with Crippen molar-refractivity contribution in [1.82, 2.24) is 0 Å². The molecule has 0 aromatic rings. The number of hydrogen-bond acceptors (Lipinski definition) is 2. The minimum absolute atomic E-state index is 0.0965. The number of nitrogens with two attached hydrogens (primary N) is 1. The van der Waals surface area contributed by atoms with Crippen molar-refractivity contribution in [1.29, 1.82) is 0 Å². The molecule has 2 N–H and O–H groups in total. The largest absolute Gasteiger partial charge is 0.325 e. The van der Waals surface area contributed by atoms with E-state index in [2.05, 4.69) is 0 Å². The van der Waals surface area contributed by atoms with Crippen molar-refractivity contribution < 1.29 is 4.79 Å². The van der Waals surface area contributed by atoms with Crippen LogP contribution in [-0.2, 0) is 4.79 Å². The summed E-state index contributed by atoms with van der Waals surface area (Å²) in [7, 11) is 0. The Balaban J connectivity index is 2.45. The fraction of sp³-hybridized carbons (Fsp3) is 0.889. The molecule has 0 bridgehead atoms. The van der Waals surface area contributed by atoms with Crippen LogP contribution in [0.5, 0.6) is 0 Å². The van der Waals surface area contributed by atoms with Crippen molar-refractivity contribution in [2.24, 2.45) is 11.7 Å². The van der Waals surface area contributed by atoms with E-state index in [1.54, 1.807) is 0 Å². The van der Waals surface area contributed by atoms with E-state index < -0.39 is 0 Å². The number of carbonyl (C=O) groups is 1. The second kappa shape index (κ2) is 2.94. The maximum atomic E-state index is 10.9. The van der Waals surface area contributed by atoms with E-state index in [1.165, 1.54) is 0 Å². The molecule has 0 heterocycles. The molecule has 0 saturated heterocycles. The van der Waals surface area contributed by atoms with Gasteiger partial charge in [-0.05, 0) is 32.6 Å². The van der Waals surface area contributed by atoms with Crippen molar-refractivity contribution in [3.05, 3.63) is 0 Å². The lowest BCUT2D eigenvalue weighted by Gasteiger charge is -2.32. The molecular weight excluding hydrogens is 138 g/mol. The van der Waals surface area contributed by atoms with Crippen LogP contribution < -0.4 is 5.73 Å². The zero-order valence-corrected chi connectivity index (χ0v) is 7.39. The highest BCUT2D eigenvalue weighted by Crippen LogP contribution is 2.28. The first-order valence-electron chi connectivity index (χ1n) is 4.31. The van der Waals surface area contributed by atoms with Gasteiger partial charge in [0, 0.05) is 18.4 Å². The van der Waals surface area contributed by atoms with Gasteiger partial charge >= 0.3 is 0 Å². The van der Waals surface area contributed by atoms with Crippen molar-refractivity contribution in [2.75, 3.05) is 0 Å². The smallest absolute Gasteiger partial charge is 0.132 e. The lowest BCUT2D eigenvalue weighted by molar-refractivity contribution is -0.121. The van der Waals surface area contributed by atoms with Crippen LogP contribution >= 0.6 is 0 Å². The molecule has 0 unspecified atom stereocenters. The van der Waals surface area contributed by atoms with Gasteiger partial charge in [-0.1, -0.05) is 0 Å². The minimum atomic E-state index is -0.0965. The summed E-state index contributed by atoms with van der Waals surface area (Å²) >= 11 is 0. The topological polar surface area (TPSA) is 43.1 Å². The van der Waals surface area contributed by atoms with Gasteiger partial charge in [0.25, 0.3) is 0 Å². The molecule has 0 radical (unpaired) electrons. The Morgan fingerprint density at radius 2 is 1.82 bits per heavy atom. The van der Waals surface area contributed by atoms with Gasteiger partial charge in [0.1, 0.15) is 5.78 Å². The second-order valence-corrected chi connectivity index (χ2v) is 4.13. The molecule has 1 fully saturated rings. The van der Waals surface area contributed by atoms with Gasteiger partial charge in [0.15, 0.2) is 0 Å². The summed E-state index contributed by atoms with van der Waals surface area (Å²) < 4.78 is 0. The third-order valence-corrected chi connectivity index (χ3v) is 2.60. The number of ketones is 1. The van der Waals surface area contributed by atoms with Gasteiger partial charge < -0.3 is 5.73 Å². The summed E-state index contributed by atoms with van der Waals surface area (Å²) in [5.41, 5.74) is 5.85. The summed E-state index contributed by atoms with van der Waals surface area (Å²) in [6, 6.07) is 0. The normalized spacial score (nSPS) is 22.3. The van der Waals surface area contributed by atoms with Crippen LogP contribution in [0.1, 0.15) is 39.5 Å². The molecule has 0 aromatic heterocycles. The van der Waals surface area contributed by atoms with Crippen molar-refractivity contribution >= 4 is 5.78 Å². The van der Waals surface area contributed by atoms with Gasteiger partial charge in [-0.3, -0.25) is 4.79 Å². The third kappa shape index (κ3) is 2.29. The molecule has 0 amide bonds. The predicted octanol–water partition coefficient (Wildman–Crippen LogP) is 1.48. The quantitative estimate of drug-likeness (QED) is 0.623. The first-order chi connectivity index (χ1) is 5.00. The number of rotatable bonds is 1. The Morgan fingerprint density at radius 1 is 1.36 bits per heavy atom. The van der Waals surface area contributed by atoms with E-state index in [1.807, 2.05) is 13.8 Å². The van der Waals surface area contributed by atoms with Crippen LogP contribution in [0.25, 0.3) is 0 Å². The molecule has 0 atom stereocenters. The molecule has 2 nitrogen and oxygen atoms in total. The first kappa shape index (κ1) is 8.72. The highest BCUT2D eigenvalue weighted by atomic mass is 16.1. The number of hydrogen-bond donors (Lipinski definition) is 1. The molecule has 0 aliphatic heterocycles. The molecule has 0 aromatic carbocycles. The van der Waals surface area contributed by atoms with E-state index in [-0.39, 0.29) is 5.54 Å². The maximum Gasteiger partial charge on any atom is 0.132 e. The highest BCUT2D eigenvalue weighted by molar-refractivity contribution is 5.79. The molecule has 11 heavy (non-hydrogen) atoms. The Hall–Kier alpha value is -0.370. The van der Waals surface area contributed by atoms with Crippen LogP contribution in [0.3, 0.4) is 0 Å². The molecule has 2 heteroatoms. The van der Waals surface area contributed by atoms with Gasteiger partial charge in [-0.25, -0.2) is 0 Å². The molecule has 64 valence electrons. The average Bonchev–Trinajstić information content (AvgIpc) is 1.86. The van der Waals surface area contributed by atoms with E-state index >= 15 is 0 Å². The predicted molar refractivity (Wildman–Crippen MR) is 45.2 cm³/mol. The van der Waals surface area contributed by atoms with Crippen LogP contribution in [0.4, 0.5) is 0 Å². The number of Topliss-reactive ketones (excluding diaryl/α,β-unsaturated/α-hetero) is 1. The van der Waals surface area contributed by atoms with Crippen LogP contribution in [-0.4, -0.2) is 11.3 Å². The van der Waals surface area contributed by atoms with Crippen LogP contribution in [0.2, 0.25) is 0 Å². The van der Waals surface area contributed by atoms with Crippen LogP contribution in [0.15, 0.2) is 0 Å².